The Morgan fingerprint density at radius 3 is 2.60 bits per heavy atom. The average molecular weight is 211 g/mol. The minimum atomic E-state index is 0.144. The molecule has 4 nitrogen and oxygen atoms in total. The van der Waals surface area contributed by atoms with Gasteiger partial charge in [-0.2, -0.15) is 5.10 Å². The van der Waals surface area contributed by atoms with E-state index in [4.69, 9.17) is 5.11 Å². The number of aliphatic hydroxyl groups is 1. The molecule has 86 valence electrons. The molecule has 0 radical (unpaired) electrons. The molecule has 0 unspecified atom stereocenters. The highest BCUT2D eigenvalue weighted by atomic mass is 16.3. The summed E-state index contributed by atoms with van der Waals surface area (Å²) in [6.07, 6.45) is 0. The second kappa shape index (κ2) is 5.28. The van der Waals surface area contributed by atoms with Crippen molar-refractivity contribution in [2.45, 2.75) is 33.9 Å². The van der Waals surface area contributed by atoms with Crippen LogP contribution < -0.4 is 0 Å². The van der Waals surface area contributed by atoms with Gasteiger partial charge in [-0.25, -0.2) is 0 Å². The molecule has 0 fully saturated rings. The predicted molar refractivity (Wildman–Crippen MR) is 60.8 cm³/mol. The van der Waals surface area contributed by atoms with Gasteiger partial charge in [0, 0.05) is 17.8 Å². The lowest BCUT2D eigenvalue weighted by Gasteiger charge is -2.13. The molecule has 1 N–H and O–H groups in total. The summed E-state index contributed by atoms with van der Waals surface area (Å²) < 4.78 is 1.88. The van der Waals surface area contributed by atoms with Crippen LogP contribution >= 0.6 is 0 Å². The third kappa shape index (κ3) is 2.79. The molecule has 0 saturated heterocycles. The van der Waals surface area contributed by atoms with Gasteiger partial charge in [0.15, 0.2) is 0 Å². The highest BCUT2D eigenvalue weighted by molar-refractivity contribution is 5.24. The van der Waals surface area contributed by atoms with Crippen LogP contribution in [0.4, 0.5) is 0 Å². The monoisotopic (exact) mass is 211 g/mol. The largest absolute Gasteiger partial charge is 0.394 e. The van der Waals surface area contributed by atoms with E-state index in [0.717, 1.165) is 18.8 Å². The van der Waals surface area contributed by atoms with E-state index in [1.54, 1.807) is 0 Å². The van der Waals surface area contributed by atoms with Crippen LogP contribution in [0.25, 0.3) is 0 Å². The summed E-state index contributed by atoms with van der Waals surface area (Å²) in [7, 11) is 2.10. The van der Waals surface area contributed by atoms with E-state index in [1.807, 2.05) is 11.6 Å². The molecule has 0 aliphatic heterocycles. The van der Waals surface area contributed by atoms with Gasteiger partial charge in [0.1, 0.15) is 0 Å². The molecule has 0 spiro atoms. The smallest absolute Gasteiger partial charge is 0.0644 e. The number of hydrogen-bond acceptors (Lipinski definition) is 3. The lowest BCUT2D eigenvalue weighted by Crippen LogP contribution is -2.17. The standard InChI is InChI=1S/C11H21N3O/c1-5-13(4)8-11-9(2)12-14(6-7-15)10(11)3/h15H,5-8H2,1-4H3. The summed E-state index contributed by atoms with van der Waals surface area (Å²) in [5, 5.41) is 13.3. The van der Waals surface area contributed by atoms with E-state index in [9.17, 15) is 0 Å². The number of hydrogen-bond donors (Lipinski definition) is 1. The lowest BCUT2D eigenvalue weighted by molar-refractivity contribution is 0.267. The van der Waals surface area contributed by atoms with E-state index in [0.29, 0.717) is 6.54 Å². The normalized spacial score (nSPS) is 11.3. The molecule has 1 heterocycles. The molecular weight excluding hydrogens is 190 g/mol. The Labute approximate surface area is 91.5 Å². The van der Waals surface area contributed by atoms with Crippen molar-refractivity contribution in [2.24, 2.45) is 0 Å². The number of aromatic nitrogens is 2. The molecule has 0 saturated carbocycles. The SMILES string of the molecule is CCN(C)Cc1c(C)nn(CCO)c1C. The zero-order chi connectivity index (χ0) is 11.4. The molecule has 0 amide bonds. The van der Waals surface area contributed by atoms with Crippen LogP contribution in [0, 0.1) is 13.8 Å². The van der Waals surface area contributed by atoms with Crippen LogP contribution in [0.3, 0.4) is 0 Å². The van der Waals surface area contributed by atoms with Crippen molar-refractivity contribution >= 4 is 0 Å². The van der Waals surface area contributed by atoms with Gasteiger partial charge in [0.05, 0.1) is 18.8 Å². The second-order valence-electron chi connectivity index (χ2n) is 3.93. The van der Waals surface area contributed by atoms with Crippen molar-refractivity contribution in [1.29, 1.82) is 0 Å². The first kappa shape index (κ1) is 12.2. The molecule has 15 heavy (non-hydrogen) atoms. The Morgan fingerprint density at radius 2 is 2.07 bits per heavy atom. The van der Waals surface area contributed by atoms with E-state index < -0.39 is 0 Å². The predicted octanol–water partition coefficient (Wildman–Crippen LogP) is 0.944. The van der Waals surface area contributed by atoms with Crippen LogP contribution in [0.1, 0.15) is 23.9 Å². The van der Waals surface area contributed by atoms with Gasteiger partial charge < -0.3 is 10.0 Å². The van der Waals surface area contributed by atoms with Crippen molar-refractivity contribution in [3.63, 3.8) is 0 Å². The first-order chi connectivity index (χ1) is 7.10. The zero-order valence-electron chi connectivity index (χ0n) is 10.1. The lowest BCUT2D eigenvalue weighted by atomic mass is 10.2. The van der Waals surface area contributed by atoms with Gasteiger partial charge in [0.2, 0.25) is 0 Å². The Balaban J connectivity index is 2.87. The topological polar surface area (TPSA) is 41.3 Å². The molecule has 1 aromatic heterocycles. The van der Waals surface area contributed by atoms with Gasteiger partial charge in [-0.05, 0) is 27.4 Å². The first-order valence-corrected chi connectivity index (χ1v) is 5.42. The number of nitrogens with zero attached hydrogens (tertiary/aromatic N) is 3. The molecule has 0 aromatic carbocycles. The Kier molecular flexibility index (Phi) is 4.29. The highest BCUT2D eigenvalue weighted by Crippen LogP contribution is 2.14. The molecule has 0 aliphatic rings. The maximum Gasteiger partial charge on any atom is 0.0644 e. The summed E-state index contributed by atoms with van der Waals surface area (Å²) in [5.41, 5.74) is 3.52. The summed E-state index contributed by atoms with van der Waals surface area (Å²) in [6, 6.07) is 0. The van der Waals surface area contributed by atoms with Crippen molar-refractivity contribution in [1.82, 2.24) is 14.7 Å². The maximum atomic E-state index is 8.90. The number of aliphatic hydroxyl groups excluding tert-OH is 1. The Bertz CT molecular complexity index is 320. The van der Waals surface area contributed by atoms with Crippen LogP contribution in [-0.2, 0) is 13.1 Å². The summed E-state index contributed by atoms with van der Waals surface area (Å²) in [6.45, 7) is 8.92. The minimum Gasteiger partial charge on any atom is -0.394 e. The fraction of sp³-hybridized carbons (Fsp3) is 0.727. The third-order valence-corrected chi connectivity index (χ3v) is 2.81. The summed E-state index contributed by atoms with van der Waals surface area (Å²) in [5.74, 6) is 0. The molecule has 1 aromatic rings. The summed E-state index contributed by atoms with van der Waals surface area (Å²) in [4.78, 5) is 2.25. The van der Waals surface area contributed by atoms with E-state index in [-0.39, 0.29) is 6.61 Å². The maximum absolute atomic E-state index is 8.90. The average Bonchev–Trinajstić information content (AvgIpc) is 2.46. The van der Waals surface area contributed by atoms with E-state index >= 15 is 0 Å². The first-order valence-electron chi connectivity index (χ1n) is 5.42. The fourth-order valence-electron chi connectivity index (χ4n) is 1.66. The van der Waals surface area contributed by atoms with E-state index in [2.05, 4.69) is 30.9 Å². The van der Waals surface area contributed by atoms with Crippen LogP contribution in [-0.4, -0.2) is 40.0 Å². The quantitative estimate of drug-likeness (QED) is 0.788. The zero-order valence-corrected chi connectivity index (χ0v) is 10.1. The number of aryl methyl sites for hydroxylation is 1. The molecule has 1 rings (SSSR count). The molecule has 4 heteroatoms. The summed E-state index contributed by atoms with van der Waals surface area (Å²) >= 11 is 0. The molecule has 0 atom stereocenters. The van der Waals surface area contributed by atoms with Crippen LogP contribution in [0.2, 0.25) is 0 Å². The van der Waals surface area contributed by atoms with Gasteiger partial charge in [-0.3, -0.25) is 4.68 Å². The highest BCUT2D eigenvalue weighted by Gasteiger charge is 2.12. The van der Waals surface area contributed by atoms with Gasteiger partial charge in [0.25, 0.3) is 0 Å². The minimum absolute atomic E-state index is 0.144. The fourth-order valence-corrected chi connectivity index (χ4v) is 1.66. The van der Waals surface area contributed by atoms with Crippen molar-refractivity contribution in [3.05, 3.63) is 17.0 Å². The van der Waals surface area contributed by atoms with Crippen molar-refractivity contribution < 1.29 is 5.11 Å². The molecular formula is C11H21N3O. The van der Waals surface area contributed by atoms with Crippen LogP contribution in [0.5, 0.6) is 0 Å². The third-order valence-electron chi connectivity index (χ3n) is 2.81. The van der Waals surface area contributed by atoms with Crippen LogP contribution in [0.15, 0.2) is 0 Å². The van der Waals surface area contributed by atoms with E-state index in [1.165, 1.54) is 11.3 Å². The molecule has 0 bridgehead atoms. The Hall–Kier alpha value is -0.870. The van der Waals surface area contributed by atoms with Crippen molar-refractivity contribution in [2.75, 3.05) is 20.2 Å². The Morgan fingerprint density at radius 1 is 1.40 bits per heavy atom. The van der Waals surface area contributed by atoms with Crippen molar-refractivity contribution in [3.8, 4) is 0 Å². The molecule has 0 aliphatic carbocycles. The number of rotatable bonds is 5. The van der Waals surface area contributed by atoms with Gasteiger partial charge >= 0.3 is 0 Å². The second-order valence-corrected chi connectivity index (χ2v) is 3.93. The van der Waals surface area contributed by atoms with Gasteiger partial charge in [-0.15, -0.1) is 0 Å². The van der Waals surface area contributed by atoms with Gasteiger partial charge in [-0.1, -0.05) is 6.92 Å².